The van der Waals surface area contributed by atoms with Crippen molar-refractivity contribution in [2.24, 2.45) is 0 Å². The zero-order chi connectivity index (χ0) is 29.2. The van der Waals surface area contributed by atoms with Crippen LogP contribution in [-0.2, 0) is 0 Å². The van der Waals surface area contributed by atoms with Crippen LogP contribution in [-0.4, -0.2) is 53.3 Å². The van der Waals surface area contributed by atoms with E-state index < -0.39 is 37.6 Å². The first-order valence-electron chi connectivity index (χ1n) is 12.9. The SMILES string of the molecule is CC(O)(C#CC(C)(O)CP(O)(O)(c1ccccc1)c1ccccc1)CP(O)(O)(c1ccccc1)c1ccccc1. The van der Waals surface area contributed by atoms with Crippen molar-refractivity contribution in [3.05, 3.63) is 121 Å². The third-order valence-corrected chi connectivity index (χ3v) is 15.0. The van der Waals surface area contributed by atoms with Crippen LogP contribution in [0.5, 0.6) is 0 Å². The van der Waals surface area contributed by atoms with E-state index in [0.717, 1.165) is 0 Å². The standard InChI is InChI=1S/C32H36O6P2/c1-31(33,25-39(35,36,27-15-7-3-8-16-27)28-17-9-4-10-18-28)23-24-32(2,34)26-40(37,38,29-19-11-5-12-20-29)30-21-13-6-14-22-30/h3-22,33-38H,25-26H2,1-2H3. The van der Waals surface area contributed by atoms with Crippen molar-refractivity contribution < 1.29 is 29.8 Å². The van der Waals surface area contributed by atoms with Crippen LogP contribution >= 0.6 is 14.1 Å². The van der Waals surface area contributed by atoms with E-state index in [1.54, 1.807) is 121 Å². The molecule has 6 nitrogen and oxygen atoms in total. The van der Waals surface area contributed by atoms with Crippen LogP contribution in [0, 0.1) is 11.8 Å². The molecule has 0 saturated heterocycles. The average Bonchev–Trinajstić information content (AvgIpc) is 2.94. The molecule has 0 radical (unpaired) electrons. The van der Waals surface area contributed by atoms with E-state index >= 15 is 0 Å². The molecular weight excluding hydrogens is 542 g/mol. The molecule has 0 aliphatic carbocycles. The van der Waals surface area contributed by atoms with Crippen molar-refractivity contribution >= 4 is 35.3 Å². The molecule has 4 rings (SSSR count). The van der Waals surface area contributed by atoms with E-state index in [0.29, 0.717) is 0 Å². The van der Waals surface area contributed by atoms with Gasteiger partial charge >= 0.3 is 236 Å². The number of hydrogen-bond acceptors (Lipinski definition) is 6. The van der Waals surface area contributed by atoms with Gasteiger partial charge in [0, 0.05) is 0 Å². The Morgan fingerprint density at radius 1 is 0.450 bits per heavy atom. The zero-order valence-corrected chi connectivity index (χ0v) is 24.3. The second kappa shape index (κ2) is 10.5. The van der Waals surface area contributed by atoms with E-state index in [4.69, 9.17) is 0 Å². The summed E-state index contributed by atoms with van der Waals surface area (Å²) in [7, 11) is -9.86. The van der Waals surface area contributed by atoms with Crippen molar-refractivity contribution in [3.63, 3.8) is 0 Å². The summed E-state index contributed by atoms with van der Waals surface area (Å²) < 4.78 is 0. The first-order valence-corrected chi connectivity index (χ1v) is 17.5. The summed E-state index contributed by atoms with van der Waals surface area (Å²) in [5, 5.41) is 23.9. The van der Waals surface area contributed by atoms with Gasteiger partial charge in [-0.1, -0.05) is 0 Å². The number of aliphatic hydroxyl groups is 2. The van der Waals surface area contributed by atoms with E-state index in [2.05, 4.69) is 11.8 Å². The fourth-order valence-electron chi connectivity index (χ4n) is 5.14. The Hall–Kier alpha value is -2.94. The van der Waals surface area contributed by atoms with Gasteiger partial charge in [-0.2, -0.15) is 0 Å². The van der Waals surface area contributed by atoms with Gasteiger partial charge in [0.1, 0.15) is 0 Å². The molecule has 0 saturated carbocycles. The molecule has 0 amide bonds. The van der Waals surface area contributed by atoms with Crippen LogP contribution in [0.2, 0.25) is 0 Å². The summed E-state index contributed by atoms with van der Waals surface area (Å²) in [6, 6.07) is 33.4. The normalized spacial score (nSPS) is 17.0. The molecule has 0 aliphatic heterocycles. The van der Waals surface area contributed by atoms with Crippen LogP contribution in [0.4, 0.5) is 0 Å². The Morgan fingerprint density at radius 3 is 0.850 bits per heavy atom. The second-order valence-electron chi connectivity index (χ2n) is 10.9. The Bertz CT molecular complexity index is 1310. The Morgan fingerprint density at radius 2 is 0.650 bits per heavy atom. The maximum atomic E-state index is 12.0. The van der Waals surface area contributed by atoms with Crippen molar-refractivity contribution in [3.8, 4) is 11.8 Å². The molecule has 4 aromatic rings. The van der Waals surface area contributed by atoms with E-state index in [1.165, 1.54) is 13.8 Å². The van der Waals surface area contributed by atoms with Crippen LogP contribution in [0.15, 0.2) is 121 Å². The predicted molar refractivity (Wildman–Crippen MR) is 166 cm³/mol. The van der Waals surface area contributed by atoms with Crippen LogP contribution in [0.25, 0.3) is 0 Å². The van der Waals surface area contributed by atoms with Crippen molar-refractivity contribution in [1.29, 1.82) is 0 Å². The molecule has 2 atom stereocenters. The van der Waals surface area contributed by atoms with Gasteiger partial charge in [0.2, 0.25) is 0 Å². The molecule has 0 aliphatic rings. The molecule has 0 heterocycles. The summed E-state index contributed by atoms with van der Waals surface area (Å²) >= 11 is 0. The van der Waals surface area contributed by atoms with Crippen LogP contribution in [0.3, 0.4) is 0 Å². The third kappa shape index (κ3) is 6.04. The van der Waals surface area contributed by atoms with Crippen molar-refractivity contribution in [1.82, 2.24) is 0 Å². The van der Waals surface area contributed by atoms with E-state index in [-0.39, 0.29) is 21.2 Å². The third-order valence-electron chi connectivity index (χ3n) is 7.01. The summed E-state index contributed by atoms with van der Waals surface area (Å²) in [6.07, 6.45) is -1.07. The Balaban J connectivity index is 1.74. The van der Waals surface area contributed by atoms with Gasteiger partial charge in [0.25, 0.3) is 0 Å². The molecule has 40 heavy (non-hydrogen) atoms. The summed E-state index contributed by atoms with van der Waals surface area (Å²) in [5.74, 6) is 5.26. The zero-order valence-electron chi connectivity index (χ0n) is 22.5. The van der Waals surface area contributed by atoms with Gasteiger partial charge in [-0.3, -0.25) is 0 Å². The molecule has 6 N–H and O–H groups in total. The summed E-state index contributed by atoms with van der Waals surface area (Å²) in [6.45, 7) is 2.70. The van der Waals surface area contributed by atoms with Crippen molar-refractivity contribution in [2.45, 2.75) is 25.0 Å². The first-order chi connectivity index (χ1) is 18.6. The van der Waals surface area contributed by atoms with Gasteiger partial charge in [-0.25, -0.2) is 0 Å². The molecule has 0 fully saturated rings. The molecule has 210 valence electrons. The predicted octanol–water partition coefficient (Wildman–Crippen LogP) is 2.53. The fourth-order valence-corrected chi connectivity index (χ4v) is 12.2. The van der Waals surface area contributed by atoms with Gasteiger partial charge in [0.05, 0.1) is 0 Å². The topological polar surface area (TPSA) is 121 Å². The van der Waals surface area contributed by atoms with Crippen LogP contribution in [0.1, 0.15) is 13.8 Å². The maximum absolute atomic E-state index is 12.0. The summed E-state index contributed by atoms with van der Waals surface area (Å²) in [4.78, 5) is 48.1. The second-order valence-corrected chi connectivity index (χ2v) is 18.4. The molecule has 0 bridgehead atoms. The van der Waals surface area contributed by atoms with Crippen molar-refractivity contribution in [2.75, 3.05) is 12.3 Å². The minimum absolute atomic E-state index is 0.261. The molecule has 8 heteroatoms. The molecule has 2 unspecified atom stereocenters. The Labute approximate surface area is 235 Å². The molecule has 0 spiro atoms. The number of hydrogen-bond donors (Lipinski definition) is 6. The summed E-state index contributed by atoms with van der Waals surface area (Å²) in [5.41, 5.74) is -3.95. The van der Waals surface area contributed by atoms with E-state index in [1.807, 2.05) is 0 Å². The Kier molecular flexibility index (Phi) is 7.86. The quantitative estimate of drug-likeness (QED) is 0.141. The first kappa shape index (κ1) is 30.0. The number of rotatable bonds is 8. The van der Waals surface area contributed by atoms with E-state index in [9.17, 15) is 29.8 Å². The van der Waals surface area contributed by atoms with Crippen LogP contribution < -0.4 is 21.2 Å². The molecular formula is C32H36O6P2. The van der Waals surface area contributed by atoms with Gasteiger partial charge in [0.15, 0.2) is 0 Å². The molecule has 4 aromatic carbocycles. The van der Waals surface area contributed by atoms with Gasteiger partial charge in [-0.15, -0.1) is 0 Å². The molecule has 0 aromatic heterocycles. The van der Waals surface area contributed by atoms with Gasteiger partial charge in [-0.05, 0) is 0 Å². The minimum atomic E-state index is -4.93. The average molecular weight is 579 g/mol. The number of benzene rings is 4. The fraction of sp³-hybridized carbons (Fsp3) is 0.188. The van der Waals surface area contributed by atoms with Gasteiger partial charge < -0.3 is 0 Å². The monoisotopic (exact) mass is 578 g/mol.